The standard InChI is InChI=1S/C15H15ClN2O/c16-10-12-9-15(19)18(11-12)14-6-2-1-5-13(14)17-7-3-4-8-17/h1-8,12H,9-11H2. The molecule has 0 spiro atoms. The molecule has 3 rings (SSSR count). The van der Waals surface area contributed by atoms with Crippen molar-refractivity contribution < 1.29 is 4.79 Å². The topological polar surface area (TPSA) is 25.2 Å². The first-order chi connectivity index (χ1) is 9.29. The van der Waals surface area contributed by atoms with Gasteiger partial charge in [-0.25, -0.2) is 0 Å². The largest absolute Gasteiger partial charge is 0.322 e. The molecule has 3 nitrogen and oxygen atoms in total. The molecule has 2 heterocycles. The Morgan fingerprint density at radius 1 is 1.11 bits per heavy atom. The van der Waals surface area contributed by atoms with Crippen LogP contribution in [0.2, 0.25) is 0 Å². The van der Waals surface area contributed by atoms with E-state index in [0.29, 0.717) is 18.8 Å². The first-order valence-electron chi connectivity index (χ1n) is 6.38. The van der Waals surface area contributed by atoms with Gasteiger partial charge in [0.25, 0.3) is 0 Å². The molecule has 1 saturated heterocycles. The molecule has 1 aliphatic heterocycles. The van der Waals surface area contributed by atoms with E-state index < -0.39 is 0 Å². The first-order valence-corrected chi connectivity index (χ1v) is 6.92. The van der Waals surface area contributed by atoms with Gasteiger partial charge in [-0.3, -0.25) is 4.79 Å². The van der Waals surface area contributed by atoms with Gasteiger partial charge in [0.2, 0.25) is 5.91 Å². The lowest BCUT2D eigenvalue weighted by Crippen LogP contribution is -2.25. The average Bonchev–Trinajstić information content (AvgIpc) is 3.08. The molecule has 1 aromatic heterocycles. The highest BCUT2D eigenvalue weighted by Crippen LogP contribution is 2.30. The number of halogens is 1. The smallest absolute Gasteiger partial charge is 0.227 e. The Kier molecular flexibility index (Phi) is 3.30. The molecule has 1 amide bonds. The zero-order valence-corrected chi connectivity index (χ0v) is 11.3. The molecule has 4 heteroatoms. The number of alkyl halides is 1. The SMILES string of the molecule is O=C1CC(CCl)CN1c1ccccc1-n1cccc1. The zero-order chi connectivity index (χ0) is 13.2. The fraction of sp³-hybridized carbons (Fsp3) is 0.267. The first kappa shape index (κ1) is 12.3. The Bertz CT molecular complexity index is 580. The van der Waals surface area contributed by atoms with Crippen molar-refractivity contribution in [1.82, 2.24) is 4.57 Å². The summed E-state index contributed by atoms with van der Waals surface area (Å²) in [7, 11) is 0. The van der Waals surface area contributed by atoms with Crippen LogP contribution in [0.15, 0.2) is 48.8 Å². The van der Waals surface area contributed by atoms with Gasteiger partial charge in [0, 0.05) is 31.2 Å². The van der Waals surface area contributed by atoms with E-state index in [-0.39, 0.29) is 11.8 Å². The molecule has 0 bridgehead atoms. The lowest BCUT2D eigenvalue weighted by atomic mass is 10.1. The number of amides is 1. The number of hydrogen-bond donors (Lipinski definition) is 0. The Morgan fingerprint density at radius 2 is 1.79 bits per heavy atom. The van der Waals surface area contributed by atoms with Crippen molar-refractivity contribution in [2.75, 3.05) is 17.3 Å². The lowest BCUT2D eigenvalue weighted by Gasteiger charge is -2.20. The Hall–Kier alpha value is -1.74. The minimum Gasteiger partial charge on any atom is -0.322 e. The van der Waals surface area contributed by atoms with Crippen LogP contribution in [-0.4, -0.2) is 22.9 Å². The molecule has 1 aromatic carbocycles. The van der Waals surface area contributed by atoms with Gasteiger partial charge in [-0.15, -0.1) is 11.6 Å². The summed E-state index contributed by atoms with van der Waals surface area (Å²) in [5.41, 5.74) is 1.98. The molecular formula is C15H15ClN2O. The fourth-order valence-corrected chi connectivity index (χ4v) is 2.73. The molecule has 1 unspecified atom stereocenters. The molecular weight excluding hydrogens is 260 g/mol. The summed E-state index contributed by atoms with van der Waals surface area (Å²) >= 11 is 5.88. The highest BCUT2D eigenvalue weighted by Gasteiger charge is 2.31. The summed E-state index contributed by atoms with van der Waals surface area (Å²) in [6.45, 7) is 0.709. The van der Waals surface area contributed by atoms with Gasteiger partial charge in [0.1, 0.15) is 0 Å². The maximum atomic E-state index is 12.1. The third-order valence-electron chi connectivity index (χ3n) is 3.48. The second-order valence-electron chi connectivity index (χ2n) is 4.81. The summed E-state index contributed by atoms with van der Waals surface area (Å²) in [6, 6.07) is 11.9. The number of rotatable bonds is 3. The maximum Gasteiger partial charge on any atom is 0.227 e. The van der Waals surface area contributed by atoms with Gasteiger partial charge in [-0.05, 0) is 30.2 Å². The molecule has 1 atom stereocenters. The van der Waals surface area contributed by atoms with Crippen LogP contribution < -0.4 is 4.90 Å². The van der Waals surface area contributed by atoms with E-state index in [4.69, 9.17) is 11.6 Å². The molecule has 19 heavy (non-hydrogen) atoms. The summed E-state index contributed by atoms with van der Waals surface area (Å²) in [5.74, 6) is 0.950. The van der Waals surface area contributed by atoms with Crippen LogP contribution in [-0.2, 0) is 4.79 Å². The third-order valence-corrected chi connectivity index (χ3v) is 3.91. The van der Waals surface area contributed by atoms with Gasteiger partial charge < -0.3 is 9.47 Å². The predicted octanol–water partition coefficient (Wildman–Crippen LogP) is 3.07. The highest BCUT2D eigenvalue weighted by atomic mass is 35.5. The molecule has 0 N–H and O–H groups in total. The van der Waals surface area contributed by atoms with Crippen LogP contribution in [0.25, 0.3) is 5.69 Å². The Balaban J connectivity index is 2.00. The Morgan fingerprint density at radius 3 is 2.42 bits per heavy atom. The monoisotopic (exact) mass is 274 g/mol. The van der Waals surface area contributed by atoms with Crippen molar-refractivity contribution in [3.05, 3.63) is 48.8 Å². The third kappa shape index (κ3) is 2.26. The number of aromatic nitrogens is 1. The molecule has 98 valence electrons. The van der Waals surface area contributed by atoms with Crippen molar-refractivity contribution in [2.45, 2.75) is 6.42 Å². The minimum absolute atomic E-state index is 0.158. The summed E-state index contributed by atoms with van der Waals surface area (Å²) in [6.07, 6.45) is 4.51. The van der Waals surface area contributed by atoms with Gasteiger partial charge in [-0.1, -0.05) is 12.1 Å². The van der Waals surface area contributed by atoms with Crippen LogP contribution in [0.5, 0.6) is 0 Å². The number of para-hydroxylation sites is 2. The van der Waals surface area contributed by atoms with Crippen LogP contribution in [0.3, 0.4) is 0 Å². The number of benzene rings is 1. The number of carbonyl (C=O) groups excluding carboxylic acids is 1. The van der Waals surface area contributed by atoms with Crippen molar-refractivity contribution in [1.29, 1.82) is 0 Å². The van der Waals surface area contributed by atoms with E-state index in [1.165, 1.54) is 0 Å². The van der Waals surface area contributed by atoms with Crippen molar-refractivity contribution in [3.63, 3.8) is 0 Å². The quantitative estimate of drug-likeness (QED) is 0.790. The number of nitrogens with zero attached hydrogens (tertiary/aromatic N) is 2. The van der Waals surface area contributed by atoms with Crippen LogP contribution >= 0.6 is 11.6 Å². The second-order valence-corrected chi connectivity index (χ2v) is 5.12. The van der Waals surface area contributed by atoms with Gasteiger partial charge in [0.15, 0.2) is 0 Å². The molecule has 0 radical (unpaired) electrons. The minimum atomic E-state index is 0.158. The van der Waals surface area contributed by atoms with Crippen molar-refractivity contribution in [2.24, 2.45) is 5.92 Å². The lowest BCUT2D eigenvalue weighted by molar-refractivity contribution is -0.117. The molecule has 1 fully saturated rings. The van der Waals surface area contributed by atoms with Crippen LogP contribution in [0.1, 0.15) is 6.42 Å². The average molecular weight is 275 g/mol. The summed E-state index contributed by atoms with van der Waals surface area (Å²) < 4.78 is 2.02. The number of hydrogen-bond acceptors (Lipinski definition) is 1. The number of carbonyl (C=O) groups is 1. The van der Waals surface area contributed by atoms with E-state index >= 15 is 0 Å². The molecule has 2 aromatic rings. The summed E-state index contributed by atoms with van der Waals surface area (Å²) in [5, 5.41) is 0. The maximum absolute atomic E-state index is 12.1. The molecule has 0 aliphatic carbocycles. The van der Waals surface area contributed by atoms with Crippen LogP contribution in [0, 0.1) is 5.92 Å². The molecule has 0 saturated carbocycles. The van der Waals surface area contributed by atoms with E-state index in [1.807, 2.05) is 58.3 Å². The highest BCUT2D eigenvalue weighted by molar-refractivity contribution is 6.18. The Labute approximate surface area is 117 Å². The van der Waals surface area contributed by atoms with E-state index in [2.05, 4.69) is 0 Å². The molecule has 1 aliphatic rings. The van der Waals surface area contributed by atoms with Gasteiger partial charge in [-0.2, -0.15) is 0 Å². The van der Waals surface area contributed by atoms with Crippen molar-refractivity contribution >= 4 is 23.2 Å². The predicted molar refractivity (Wildman–Crippen MR) is 76.9 cm³/mol. The van der Waals surface area contributed by atoms with Gasteiger partial charge in [0.05, 0.1) is 11.4 Å². The number of anilines is 1. The normalized spacial score (nSPS) is 19.1. The summed E-state index contributed by atoms with van der Waals surface area (Å²) in [4.78, 5) is 14.0. The van der Waals surface area contributed by atoms with E-state index in [1.54, 1.807) is 0 Å². The second kappa shape index (κ2) is 5.10. The van der Waals surface area contributed by atoms with Gasteiger partial charge >= 0.3 is 0 Å². The van der Waals surface area contributed by atoms with Crippen LogP contribution in [0.4, 0.5) is 5.69 Å². The fourth-order valence-electron chi connectivity index (χ4n) is 2.52. The van der Waals surface area contributed by atoms with Crippen molar-refractivity contribution in [3.8, 4) is 5.69 Å². The zero-order valence-electron chi connectivity index (χ0n) is 10.5. The van der Waals surface area contributed by atoms with E-state index in [0.717, 1.165) is 11.4 Å². The van der Waals surface area contributed by atoms with E-state index in [9.17, 15) is 4.79 Å².